The van der Waals surface area contributed by atoms with Crippen molar-refractivity contribution in [2.24, 2.45) is 11.7 Å². The van der Waals surface area contributed by atoms with Gasteiger partial charge in [-0.2, -0.15) is 18.2 Å². The number of amides is 1. The van der Waals surface area contributed by atoms with Gasteiger partial charge in [-0.25, -0.2) is 9.50 Å². The van der Waals surface area contributed by atoms with Gasteiger partial charge in [-0.05, 0) is 44.6 Å². The van der Waals surface area contributed by atoms with Crippen LogP contribution in [0.2, 0.25) is 0 Å². The standard InChI is InChI=1S/C18H25F3N6O/c1-10-6-7-26(13(8-10)9-22)15(28)5-4-14-11(2)23-17-24-16(18(19,20)21)25-27(17)12(14)3/h10,13H,4-9,22H2,1-3H3. The molecule has 2 aromatic heterocycles. The van der Waals surface area contributed by atoms with E-state index in [-0.39, 0.29) is 24.1 Å². The van der Waals surface area contributed by atoms with Gasteiger partial charge in [0, 0.05) is 36.9 Å². The average molecular weight is 398 g/mol. The molecule has 2 atom stereocenters. The van der Waals surface area contributed by atoms with Crippen molar-refractivity contribution in [1.29, 1.82) is 0 Å². The fraction of sp³-hybridized carbons (Fsp3) is 0.667. The summed E-state index contributed by atoms with van der Waals surface area (Å²) < 4.78 is 39.8. The lowest BCUT2D eigenvalue weighted by atomic mass is 9.92. The van der Waals surface area contributed by atoms with E-state index in [2.05, 4.69) is 22.0 Å². The number of nitrogens with two attached hydrogens (primary N) is 1. The molecular weight excluding hydrogens is 373 g/mol. The molecule has 1 aliphatic rings. The molecule has 2 aromatic rings. The molecule has 0 saturated carbocycles. The average Bonchev–Trinajstić information content (AvgIpc) is 3.05. The summed E-state index contributed by atoms with van der Waals surface area (Å²) in [6.45, 7) is 6.66. The molecule has 2 unspecified atom stereocenters. The zero-order valence-corrected chi connectivity index (χ0v) is 16.3. The summed E-state index contributed by atoms with van der Waals surface area (Å²) in [6, 6.07) is 0.0451. The highest BCUT2D eigenvalue weighted by atomic mass is 19.4. The molecule has 0 aliphatic carbocycles. The number of carbonyl (C=O) groups excluding carboxylic acids is 1. The lowest BCUT2D eigenvalue weighted by molar-refractivity contribution is -0.144. The summed E-state index contributed by atoms with van der Waals surface area (Å²) in [5, 5.41) is 3.54. The van der Waals surface area contributed by atoms with Gasteiger partial charge in [-0.1, -0.05) is 6.92 Å². The zero-order chi connectivity index (χ0) is 20.6. The van der Waals surface area contributed by atoms with E-state index >= 15 is 0 Å². The van der Waals surface area contributed by atoms with E-state index in [1.165, 1.54) is 0 Å². The molecule has 3 heterocycles. The molecule has 0 radical (unpaired) electrons. The number of alkyl halides is 3. The number of rotatable bonds is 4. The van der Waals surface area contributed by atoms with Crippen molar-refractivity contribution in [3.8, 4) is 0 Å². The van der Waals surface area contributed by atoms with E-state index in [4.69, 9.17) is 5.73 Å². The number of hydrogen-bond acceptors (Lipinski definition) is 5. The fourth-order valence-corrected chi connectivity index (χ4v) is 3.87. The van der Waals surface area contributed by atoms with Gasteiger partial charge in [0.05, 0.1) is 0 Å². The fourth-order valence-electron chi connectivity index (χ4n) is 3.87. The number of fused-ring (bicyclic) bond motifs is 1. The first-order valence-corrected chi connectivity index (χ1v) is 9.41. The van der Waals surface area contributed by atoms with Crippen LogP contribution in [-0.2, 0) is 17.4 Å². The van der Waals surface area contributed by atoms with Gasteiger partial charge in [0.15, 0.2) is 0 Å². The van der Waals surface area contributed by atoms with Gasteiger partial charge in [0.1, 0.15) is 0 Å². The Morgan fingerprint density at radius 1 is 1.29 bits per heavy atom. The molecule has 2 N–H and O–H groups in total. The van der Waals surface area contributed by atoms with Crippen LogP contribution in [0.1, 0.15) is 49.0 Å². The smallest absolute Gasteiger partial charge is 0.338 e. The highest BCUT2D eigenvalue weighted by molar-refractivity contribution is 5.77. The molecule has 0 bridgehead atoms. The van der Waals surface area contributed by atoms with Gasteiger partial charge < -0.3 is 10.6 Å². The van der Waals surface area contributed by atoms with Gasteiger partial charge in [-0.15, -0.1) is 5.10 Å². The number of aryl methyl sites for hydroxylation is 2. The van der Waals surface area contributed by atoms with Crippen molar-refractivity contribution in [2.75, 3.05) is 13.1 Å². The number of likely N-dealkylation sites (tertiary alicyclic amines) is 1. The molecule has 7 nitrogen and oxygen atoms in total. The monoisotopic (exact) mass is 398 g/mol. The number of carbonyl (C=O) groups is 1. The van der Waals surface area contributed by atoms with Crippen LogP contribution >= 0.6 is 0 Å². The van der Waals surface area contributed by atoms with Gasteiger partial charge in [0.2, 0.25) is 5.91 Å². The summed E-state index contributed by atoms with van der Waals surface area (Å²) in [7, 11) is 0. The lowest BCUT2D eigenvalue weighted by Gasteiger charge is -2.38. The summed E-state index contributed by atoms with van der Waals surface area (Å²) in [5.41, 5.74) is 7.62. The highest BCUT2D eigenvalue weighted by Gasteiger charge is 2.37. The molecule has 10 heteroatoms. The van der Waals surface area contributed by atoms with Crippen molar-refractivity contribution in [3.05, 3.63) is 22.8 Å². The van der Waals surface area contributed by atoms with E-state index < -0.39 is 12.0 Å². The van der Waals surface area contributed by atoms with Crippen LogP contribution in [-0.4, -0.2) is 49.5 Å². The predicted octanol–water partition coefficient (Wildman–Crippen LogP) is 2.28. The van der Waals surface area contributed by atoms with Crippen molar-refractivity contribution in [1.82, 2.24) is 24.5 Å². The number of aromatic nitrogens is 4. The van der Waals surface area contributed by atoms with E-state index in [1.54, 1.807) is 13.8 Å². The predicted molar refractivity (Wildman–Crippen MR) is 96.5 cm³/mol. The summed E-state index contributed by atoms with van der Waals surface area (Å²) >= 11 is 0. The SMILES string of the molecule is Cc1nc2nc(C(F)(F)F)nn2c(C)c1CCC(=O)N1CCC(C)CC1CN. The third kappa shape index (κ3) is 3.96. The first kappa shape index (κ1) is 20.5. The van der Waals surface area contributed by atoms with E-state index in [9.17, 15) is 18.0 Å². The van der Waals surface area contributed by atoms with Crippen LogP contribution in [0.25, 0.3) is 5.78 Å². The number of halogens is 3. The Kier molecular flexibility index (Phi) is 5.60. The minimum atomic E-state index is -4.63. The molecule has 1 amide bonds. The topological polar surface area (TPSA) is 89.4 Å². The van der Waals surface area contributed by atoms with Crippen molar-refractivity contribution < 1.29 is 18.0 Å². The minimum Gasteiger partial charge on any atom is -0.338 e. The Morgan fingerprint density at radius 3 is 2.64 bits per heavy atom. The first-order valence-electron chi connectivity index (χ1n) is 9.41. The number of nitrogens with zero attached hydrogens (tertiary/aromatic N) is 5. The second kappa shape index (κ2) is 7.65. The largest absolute Gasteiger partial charge is 0.453 e. The zero-order valence-electron chi connectivity index (χ0n) is 16.3. The summed E-state index contributed by atoms with van der Waals surface area (Å²) in [6.07, 6.45) is -2.16. The van der Waals surface area contributed by atoms with Crippen LogP contribution in [0.5, 0.6) is 0 Å². The second-order valence-electron chi connectivity index (χ2n) is 7.51. The summed E-state index contributed by atoms with van der Waals surface area (Å²) in [4.78, 5) is 22.2. The maximum Gasteiger partial charge on any atom is 0.453 e. The molecule has 28 heavy (non-hydrogen) atoms. The quantitative estimate of drug-likeness (QED) is 0.854. The Hall–Kier alpha value is -2.23. The van der Waals surface area contributed by atoms with Crippen LogP contribution in [0.15, 0.2) is 0 Å². The normalized spacial score (nSPS) is 20.8. The van der Waals surface area contributed by atoms with Crippen molar-refractivity contribution >= 4 is 11.7 Å². The van der Waals surface area contributed by atoms with Crippen LogP contribution in [0, 0.1) is 19.8 Å². The second-order valence-corrected chi connectivity index (χ2v) is 7.51. The third-order valence-electron chi connectivity index (χ3n) is 5.46. The molecular formula is C18H25F3N6O. The first-order chi connectivity index (χ1) is 13.1. The van der Waals surface area contributed by atoms with E-state index in [1.807, 2.05) is 4.90 Å². The molecule has 0 aromatic carbocycles. The van der Waals surface area contributed by atoms with Gasteiger partial charge in [0.25, 0.3) is 11.6 Å². The van der Waals surface area contributed by atoms with E-state index in [0.717, 1.165) is 17.4 Å². The number of hydrogen-bond donors (Lipinski definition) is 1. The maximum atomic E-state index is 12.9. The molecule has 1 aliphatic heterocycles. The van der Waals surface area contributed by atoms with Gasteiger partial charge >= 0.3 is 6.18 Å². The molecule has 154 valence electrons. The highest BCUT2D eigenvalue weighted by Crippen LogP contribution is 2.27. The van der Waals surface area contributed by atoms with Gasteiger partial charge in [-0.3, -0.25) is 4.79 Å². The number of piperidine rings is 1. The molecule has 0 spiro atoms. The van der Waals surface area contributed by atoms with Crippen LogP contribution < -0.4 is 5.73 Å². The van der Waals surface area contributed by atoms with Crippen molar-refractivity contribution in [2.45, 2.75) is 58.7 Å². The lowest BCUT2D eigenvalue weighted by Crippen LogP contribution is -2.49. The molecule has 3 rings (SSSR count). The van der Waals surface area contributed by atoms with Crippen molar-refractivity contribution in [3.63, 3.8) is 0 Å². The Bertz CT molecular complexity index is 878. The minimum absolute atomic E-state index is 0.0100. The third-order valence-corrected chi connectivity index (χ3v) is 5.46. The van der Waals surface area contributed by atoms with Crippen LogP contribution in [0.3, 0.4) is 0 Å². The molecule has 1 saturated heterocycles. The Labute approximate surface area is 161 Å². The Morgan fingerprint density at radius 2 is 2.00 bits per heavy atom. The van der Waals surface area contributed by atoms with Crippen LogP contribution in [0.4, 0.5) is 13.2 Å². The van der Waals surface area contributed by atoms with E-state index in [0.29, 0.717) is 42.4 Å². The molecule has 1 fully saturated rings. The Balaban J connectivity index is 1.79. The maximum absolute atomic E-state index is 12.9. The summed E-state index contributed by atoms with van der Waals surface area (Å²) in [5.74, 6) is -0.755.